The van der Waals surface area contributed by atoms with Crippen LogP contribution in [0.3, 0.4) is 0 Å². The Morgan fingerprint density at radius 3 is 2.44 bits per heavy atom. The lowest BCUT2D eigenvalue weighted by Gasteiger charge is -2.35. The van der Waals surface area contributed by atoms with Crippen molar-refractivity contribution in [3.63, 3.8) is 0 Å². The Balaban J connectivity index is 1.20. The monoisotopic (exact) mass is 461 g/mol. The van der Waals surface area contributed by atoms with Crippen LogP contribution in [0.5, 0.6) is 11.5 Å². The molecule has 2 aliphatic rings. The van der Waals surface area contributed by atoms with Gasteiger partial charge in [0.2, 0.25) is 12.7 Å². The molecular formula is C26H24FN3O4. The van der Waals surface area contributed by atoms with Gasteiger partial charge >= 0.3 is 6.03 Å². The van der Waals surface area contributed by atoms with Gasteiger partial charge in [-0.15, -0.1) is 0 Å². The summed E-state index contributed by atoms with van der Waals surface area (Å²) < 4.78 is 23.8. The van der Waals surface area contributed by atoms with Crippen molar-refractivity contribution in [2.24, 2.45) is 0 Å². The highest BCUT2D eigenvalue weighted by atomic mass is 19.1. The zero-order chi connectivity index (χ0) is 23.5. The van der Waals surface area contributed by atoms with E-state index in [2.05, 4.69) is 5.32 Å². The Morgan fingerprint density at radius 1 is 0.912 bits per heavy atom. The summed E-state index contributed by atoms with van der Waals surface area (Å²) >= 11 is 0. The SMILES string of the molecule is O=C(Cc1ccc(F)cc1)Nc1ccc(N2CCCN(Cc3ccc4c(c3)OCO4)C2=O)cc1. The Bertz CT molecular complexity index is 1200. The van der Waals surface area contributed by atoms with Crippen molar-refractivity contribution in [2.45, 2.75) is 19.4 Å². The van der Waals surface area contributed by atoms with Crippen LogP contribution >= 0.6 is 0 Å². The number of urea groups is 1. The summed E-state index contributed by atoms with van der Waals surface area (Å²) in [5, 5.41) is 2.84. The fourth-order valence-corrected chi connectivity index (χ4v) is 4.15. The number of ether oxygens (including phenoxy) is 2. The summed E-state index contributed by atoms with van der Waals surface area (Å²) in [5.41, 5.74) is 3.13. The molecule has 0 aromatic heterocycles. The standard InChI is InChI=1S/C26H24FN3O4/c27-20-5-2-18(3-6-20)15-25(31)28-21-7-9-22(10-8-21)30-13-1-12-29(26(30)32)16-19-4-11-23-24(14-19)34-17-33-23/h2-11,14H,1,12-13,15-17H2,(H,28,31). The zero-order valence-electron chi connectivity index (χ0n) is 18.5. The normalized spacial score (nSPS) is 14.9. The van der Waals surface area contributed by atoms with E-state index >= 15 is 0 Å². The van der Waals surface area contributed by atoms with Crippen LogP contribution in [0.2, 0.25) is 0 Å². The van der Waals surface area contributed by atoms with Gasteiger partial charge in [0.15, 0.2) is 11.5 Å². The van der Waals surface area contributed by atoms with Crippen molar-refractivity contribution in [1.29, 1.82) is 0 Å². The van der Waals surface area contributed by atoms with Gasteiger partial charge in [-0.25, -0.2) is 9.18 Å². The molecule has 2 aliphatic heterocycles. The van der Waals surface area contributed by atoms with Gasteiger partial charge in [-0.05, 0) is 66.1 Å². The topological polar surface area (TPSA) is 71.1 Å². The van der Waals surface area contributed by atoms with Crippen molar-refractivity contribution < 1.29 is 23.5 Å². The average molecular weight is 461 g/mol. The molecule has 3 aromatic rings. The number of fused-ring (bicyclic) bond motifs is 1. The van der Waals surface area contributed by atoms with E-state index in [1.807, 2.05) is 35.2 Å². The molecule has 1 N–H and O–H groups in total. The number of amides is 3. The van der Waals surface area contributed by atoms with Gasteiger partial charge in [0.1, 0.15) is 5.82 Å². The molecule has 174 valence electrons. The van der Waals surface area contributed by atoms with E-state index in [4.69, 9.17) is 9.47 Å². The molecule has 3 amide bonds. The van der Waals surface area contributed by atoms with Gasteiger partial charge in [0, 0.05) is 31.0 Å². The molecule has 1 saturated heterocycles. The fourth-order valence-electron chi connectivity index (χ4n) is 4.15. The molecule has 0 saturated carbocycles. The van der Waals surface area contributed by atoms with Gasteiger partial charge in [-0.2, -0.15) is 0 Å². The van der Waals surface area contributed by atoms with Gasteiger partial charge in [0.05, 0.1) is 6.42 Å². The number of nitrogens with zero attached hydrogens (tertiary/aromatic N) is 2. The van der Waals surface area contributed by atoms with Crippen LogP contribution in [0, 0.1) is 5.82 Å². The van der Waals surface area contributed by atoms with Crippen molar-refractivity contribution in [2.75, 3.05) is 30.1 Å². The summed E-state index contributed by atoms with van der Waals surface area (Å²) in [5.74, 6) is 0.904. The third-order valence-electron chi connectivity index (χ3n) is 5.86. The minimum absolute atomic E-state index is 0.0583. The van der Waals surface area contributed by atoms with E-state index in [1.165, 1.54) is 12.1 Å². The van der Waals surface area contributed by atoms with E-state index < -0.39 is 0 Å². The third kappa shape index (κ3) is 4.80. The number of carbonyl (C=O) groups is 2. The Kier molecular flexibility index (Phi) is 6.03. The first-order valence-corrected chi connectivity index (χ1v) is 11.1. The summed E-state index contributed by atoms with van der Waals surface area (Å²) in [6, 6.07) is 18.7. The highest BCUT2D eigenvalue weighted by Gasteiger charge is 2.27. The van der Waals surface area contributed by atoms with E-state index in [9.17, 15) is 14.0 Å². The van der Waals surface area contributed by atoms with Crippen LogP contribution < -0.4 is 19.7 Å². The number of rotatable bonds is 6. The molecule has 0 bridgehead atoms. The zero-order valence-corrected chi connectivity index (χ0v) is 18.5. The molecule has 34 heavy (non-hydrogen) atoms. The predicted octanol–water partition coefficient (Wildman–Crippen LogP) is 4.57. The van der Waals surface area contributed by atoms with Crippen LogP contribution in [-0.2, 0) is 17.8 Å². The van der Waals surface area contributed by atoms with Gasteiger partial charge in [0.25, 0.3) is 0 Å². The molecule has 0 spiro atoms. The molecular weight excluding hydrogens is 437 g/mol. The van der Waals surface area contributed by atoms with Crippen molar-refractivity contribution in [1.82, 2.24) is 4.90 Å². The van der Waals surface area contributed by atoms with Gasteiger partial charge in [-0.1, -0.05) is 18.2 Å². The molecule has 3 aromatic carbocycles. The average Bonchev–Trinajstić information content (AvgIpc) is 3.31. The molecule has 0 aliphatic carbocycles. The first-order valence-electron chi connectivity index (χ1n) is 11.1. The second-order valence-electron chi connectivity index (χ2n) is 8.30. The number of halogens is 1. The molecule has 5 rings (SSSR count). The maximum Gasteiger partial charge on any atom is 0.324 e. The Labute approximate surface area is 196 Å². The molecule has 0 radical (unpaired) electrons. The van der Waals surface area contributed by atoms with Crippen LogP contribution in [0.15, 0.2) is 66.7 Å². The Hall–Kier alpha value is -4.07. The second-order valence-corrected chi connectivity index (χ2v) is 8.30. The summed E-state index contributed by atoms with van der Waals surface area (Å²) in [4.78, 5) is 29.0. The lowest BCUT2D eigenvalue weighted by molar-refractivity contribution is -0.115. The largest absolute Gasteiger partial charge is 0.454 e. The number of benzene rings is 3. The number of carbonyl (C=O) groups excluding carboxylic acids is 2. The lowest BCUT2D eigenvalue weighted by Crippen LogP contribution is -2.49. The molecule has 2 heterocycles. The first-order chi connectivity index (χ1) is 16.5. The minimum atomic E-state index is -0.332. The van der Waals surface area contributed by atoms with Gasteiger partial charge in [-0.3, -0.25) is 9.69 Å². The minimum Gasteiger partial charge on any atom is -0.454 e. The smallest absolute Gasteiger partial charge is 0.324 e. The maximum atomic E-state index is 13.2. The number of anilines is 2. The molecule has 0 atom stereocenters. The summed E-state index contributed by atoms with van der Waals surface area (Å²) in [6.07, 6.45) is 1.01. The van der Waals surface area contributed by atoms with Crippen LogP contribution in [0.4, 0.5) is 20.6 Å². The molecule has 7 nitrogen and oxygen atoms in total. The quantitative estimate of drug-likeness (QED) is 0.584. The molecule has 0 unspecified atom stereocenters. The number of nitrogens with one attached hydrogen (secondary N) is 1. The van der Waals surface area contributed by atoms with Crippen LogP contribution in [0.1, 0.15) is 17.5 Å². The second kappa shape index (κ2) is 9.43. The van der Waals surface area contributed by atoms with Crippen molar-refractivity contribution >= 4 is 23.3 Å². The fraction of sp³-hybridized carbons (Fsp3) is 0.231. The van der Waals surface area contributed by atoms with Gasteiger partial charge < -0.3 is 19.7 Å². The van der Waals surface area contributed by atoms with Crippen molar-refractivity contribution in [3.05, 3.63) is 83.7 Å². The Morgan fingerprint density at radius 2 is 1.65 bits per heavy atom. The van der Waals surface area contributed by atoms with E-state index in [-0.39, 0.29) is 31.0 Å². The van der Waals surface area contributed by atoms with Crippen molar-refractivity contribution in [3.8, 4) is 11.5 Å². The molecule has 8 heteroatoms. The highest BCUT2D eigenvalue weighted by Crippen LogP contribution is 2.33. The van der Waals surface area contributed by atoms with E-state index in [1.54, 1.807) is 29.2 Å². The molecule has 1 fully saturated rings. The third-order valence-corrected chi connectivity index (χ3v) is 5.86. The summed E-state index contributed by atoms with van der Waals surface area (Å²) in [7, 11) is 0. The lowest BCUT2D eigenvalue weighted by atomic mass is 10.1. The number of hydrogen-bond acceptors (Lipinski definition) is 4. The highest BCUT2D eigenvalue weighted by molar-refractivity contribution is 5.94. The summed E-state index contributed by atoms with van der Waals surface area (Å²) in [6.45, 7) is 2.02. The van der Waals surface area contributed by atoms with E-state index in [0.29, 0.717) is 31.1 Å². The van der Waals surface area contributed by atoms with Crippen LogP contribution in [0.25, 0.3) is 0 Å². The first kappa shape index (κ1) is 21.8. The maximum absolute atomic E-state index is 13.2. The predicted molar refractivity (Wildman–Crippen MR) is 126 cm³/mol. The van der Waals surface area contributed by atoms with Crippen LogP contribution in [-0.4, -0.2) is 36.7 Å². The number of hydrogen-bond donors (Lipinski definition) is 1. The van der Waals surface area contributed by atoms with E-state index in [0.717, 1.165) is 29.0 Å².